The Bertz CT molecular complexity index is 541. The second-order valence-corrected chi connectivity index (χ2v) is 3.23. The molecule has 86 valence electrons. The number of carboxylic acid groups (broad SMARTS) is 1. The minimum absolute atomic E-state index is 0.0721. The summed E-state index contributed by atoms with van der Waals surface area (Å²) in [6.07, 6.45) is 1.78. The first-order valence-electron chi connectivity index (χ1n) is 4.53. The fourth-order valence-electron chi connectivity index (χ4n) is 0.982. The Morgan fingerprint density at radius 1 is 1.71 bits per heavy atom. The highest BCUT2D eigenvalue weighted by atomic mass is 35.5. The fraction of sp³-hybridized carbons (Fsp3) is 0.200. The molecule has 1 N–H and O–H groups in total. The first-order valence-corrected chi connectivity index (χ1v) is 4.91. The summed E-state index contributed by atoms with van der Waals surface area (Å²) in [6, 6.07) is 1.35. The number of aromatic carboxylic acids is 1. The van der Waals surface area contributed by atoms with Crippen molar-refractivity contribution in [2.45, 2.75) is 6.42 Å². The molecule has 0 fully saturated rings. The van der Waals surface area contributed by atoms with Crippen LogP contribution in [0.25, 0.3) is 10.4 Å². The van der Waals surface area contributed by atoms with Crippen LogP contribution in [0.15, 0.2) is 17.4 Å². The lowest BCUT2D eigenvalue weighted by atomic mass is 10.2. The van der Waals surface area contributed by atoms with E-state index in [0.717, 1.165) is 0 Å². The fourth-order valence-corrected chi connectivity index (χ4v) is 1.17. The highest BCUT2D eigenvalue weighted by Crippen LogP contribution is 2.13. The van der Waals surface area contributed by atoms with Crippen LogP contribution in [0, 0.1) is 11.8 Å². The van der Waals surface area contributed by atoms with E-state index >= 15 is 0 Å². The van der Waals surface area contributed by atoms with Gasteiger partial charge in [-0.25, -0.2) is 9.78 Å². The standard InChI is InChI=1S/C10H7ClN4O2/c11-9-8(10(16)17)5-7(6-13-9)3-1-2-4-14-15-12/h5-6H,2,4H2,(H,16,17). The first kappa shape index (κ1) is 12.8. The second-order valence-electron chi connectivity index (χ2n) is 2.87. The Balaban J connectivity index is 2.82. The highest BCUT2D eigenvalue weighted by molar-refractivity contribution is 6.32. The molecule has 1 rings (SSSR count). The molecule has 0 aromatic carbocycles. The molecule has 0 amide bonds. The van der Waals surface area contributed by atoms with E-state index in [1.165, 1.54) is 12.3 Å². The van der Waals surface area contributed by atoms with Crippen molar-refractivity contribution in [2.75, 3.05) is 6.54 Å². The maximum Gasteiger partial charge on any atom is 0.338 e. The average Bonchev–Trinajstić information content (AvgIpc) is 2.30. The quantitative estimate of drug-likeness (QED) is 0.223. The van der Waals surface area contributed by atoms with Crippen LogP contribution in [-0.4, -0.2) is 22.6 Å². The van der Waals surface area contributed by atoms with Crippen molar-refractivity contribution >= 4 is 17.6 Å². The summed E-state index contributed by atoms with van der Waals surface area (Å²) in [6.45, 7) is 0.274. The molecule has 1 heterocycles. The van der Waals surface area contributed by atoms with Gasteiger partial charge in [0.15, 0.2) is 0 Å². The molecule has 0 saturated heterocycles. The van der Waals surface area contributed by atoms with Gasteiger partial charge in [0.25, 0.3) is 0 Å². The van der Waals surface area contributed by atoms with Gasteiger partial charge in [-0.1, -0.05) is 28.6 Å². The molecule has 0 unspecified atom stereocenters. The third kappa shape index (κ3) is 4.03. The minimum Gasteiger partial charge on any atom is -0.478 e. The molecule has 0 aliphatic heterocycles. The van der Waals surface area contributed by atoms with Crippen LogP contribution in [0.1, 0.15) is 22.3 Å². The number of aromatic nitrogens is 1. The van der Waals surface area contributed by atoms with Crippen LogP contribution in [-0.2, 0) is 0 Å². The van der Waals surface area contributed by atoms with Crippen molar-refractivity contribution in [3.8, 4) is 11.8 Å². The molecule has 1 aromatic heterocycles. The molecule has 0 saturated carbocycles. The SMILES string of the molecule is [N-]=[N+]=NCCC#Cc1cnc(Cl)c(C(=O)O)c1. The van der Waals surface area contributed by atoms with Gasteiger partial charge in [0.05, 0.1) is 5.56 Å². The molecular formula is C10H7ClN4O2. The lowest BCUT2D eigenvalue weighted by Crippen LogP contribution is -1.99. The molecule has 0 atom stereocenters. The summed E-state index contributed by atoms with van der Waals surface area (Å²) in [7, 11) is 0. The third-order valence-electron chi connectivity index (χ3n) is 1.70. The van der Waals surface area contributed by atoms with Gasteiger partial charge in [0.2, 0.25) is 0 Å². The number of hydrogen-bond donors (Lipinski definition) is 1. The number of pyridine rings is 1. The van der Waals surface area contributed by atoms with Gasteiger partial charge in [-0.15, -0.1) is 0 Å². The molecule has 1 aromatic rings. The molecule has 0 aliphatic carbocycles. The summed E-state index contributed by atoms with van der Waals surface area (Å²) in [5.41, 5.74) is 8.39. The molecule has 0 radical (unpaired) electrons. The van der Waals surface area contributed by atoms with Crippen LogP contribution in [0.5, 0.6) is 0 Å². The number of carboxylic acids is 1. The number of rotatable bonds is 3. The van der Waals surface area contributed by atoms with Crippen molar-refractivity contribution in [3.63, 3.8) is 0 Å². The van der Waals surface area contributed by atoms with E-state index < -0.39 is 5.97 Å². The van der Waals surface area contributed by atoms with E-state index in [1.807, 2.05) is 0 Å². The van der Waals surface area contributed by atoms with Crippen molar-refractivity contribution < 1.29 is 9.90 Å². The maximum atomic E-state index is 10.8. The van der Waals surface area contributed by atoms with E-state index in [-0.39, 0.29) is 17.3 Å². The Labute approximate surface area is 102 Å². The smallest absolute Gasteiger partial charge is 0.338 e. The topological polar surface area (TPSA) is 99.0 Å². The van der Waals surface area contributed by atoms with Crippen LogP contribution >= 0.6 is 11.6 Å². The summed E-state index contributed by atoms with van der Waals surface area (Å²) in [5.74, 6) is 4.29. The molecule has 0 spiro atoms. The van der Waals surface area contributed by atoms with Crippen molar-refractivity contribution in [1.82, 2.24) is 4.98 Å². The number of hydrogen-bond acceptors (Lipinski definition) is 3. The molecule has 0 bridgehead atoms. The second kappa shape index (κ2) is 6.38. The number of carbonyl (C=O) groups is 1. The van der Waals surface area contributed by atoms with Crippen LogP contribution in [0.3, 0.4) is 0 Å². The Morgan fingerprint density at radius 2 is 2.47 bits per heavy atom. The van der Waals surface area contributed by atoms with Gasteiger partial charge in [-0.2, -0.15) is 0 Å². The zero-order valence-electron chi connectivity index (χ0n) is 8.59. The predicted molar refractivity (Wildman–Crippen MR) is 61.7 cm³/mol. The number of halogens is 1. The zero-order valence-corrected chi connectivity index (χ0v) is 9.35. The lowest BCUT2D eigenvalue weighted by molar-refractivity contribution is 0.0696. The summed E-state index contributed by atoms with van der Waals surface area (Å²) in [5, 5.41) is 12.0. The minimum atomic E-state index is -1.15. The summed E-state index contributed by atoms with van der Waals surface area (Å²) >= 11 is 5.60. The van der Waals surface area contributed by atoms with Gasteiger partial charge in [0, 0.05) is 29.6 Å². The number of nitrogens with zero attached hydrogens (tertiary/aromatic N) is 4. The van der Waals surface area contributed by atoms with Crippen LogP contribution in [0.2, 0.25) is 5.15 Å². The van der Waals surface area contributed by atoms with Crippen molar-refractivity contribution in [2.24, 2.45) is 5.11 Å². The van der Waals surface area contributed by atoms with Gasteiger partial charge in [0.1, 0.15) is 5.15 Å². The molecule has 0 aliphatic rings. The van der Waals surface area contributed by atoms with Crippen molar-refractivity contribution in [1.29, 1.82) is 0 Å². The molecular weight excluding hydrogens is 244 g/mol. The van der Waals surface area contributed by atoms with Gasteiger partial charge >= 0.3 is 5.97 Å². The van der Waals surface area contributed by atoms with E-state index in [2.05, 4.69) is 26.9 Å². The molecule has 6 nitrogen and oxygen atoms in total. The van der Waals surface area contributed by atoms with E-state index in [0.29, 0.717) is 12.0 Å². The normalized spacial score (nSPS) is 8.76. The number of azide groups is 1. The largest absolute Gasteiger partial charge is 0.478 e. The van der Waals surface area contributed by atoms with Crippen LogP contribution in [0.4, 0.5) is 0 Å². The Hall–Kier alpha value is -2.22. The van der Waals surface area contributed by atoms with Crippen molar-refractivity contribution in [3.05, 3.63) is 39.0 Å². The van der Waals surface area contributed by atoms with E-state index in [9.17, 15) is 4.79 Å². The molecule has 17 heavy (non-hydrogen) atoms. The summed E-state index contributed by atoms with van der Waals surface area (Å²) < 4.78 is 0. The first-order chi connectivity index (χ1) is 8.15. The van der Waals surface area contributed by atoms with E-state index in [4.69, 9.17) is 22.2 Å². The Kier molecular flexibility index (Phi) is 4.82. The Morgan fingerprint density at radius 3 is 3.12 bits per heavy atom. The van der Waals surface area contributed by atoms with Gasteiger partial charge in [-0.05, 0) is 11.6 Å². The average molecular weight is 251 g/mol. The van der Waals surface area contributed by atoms with Crippen LogP contribution < -0.4 is 0 Å². The van der Waals surface area contributed by atoms with Gasteiger partial charge < -0.3 is 5.11 Å². The summed E-state index contributed by atoms with van der Waals surface area (Å²) in [4.78, 5) is 17.1. The lowest BCUT2D eigenvalue weighted by Gasteiger charge is -1.97. The maximum absolute atomic E-state index is 10.8. The monoisotopic (exact) mass is 250 g/mol. The van der Waals surface area contributed by atoms with E-state index in [1.54, 1.807) is 0 Å². The highest BCUT2D eigenvalue weighted by Gasteiger charge is 2.09. The molecule has 7 heteroatoms. The third-order valence-corrected chi connectivity index (χ3v) is 2.00. The zero-order chi connectivity index (χ0) is 12.7. The predicted octanol–water partition coefficient (Wildman–Crippen LogP) is 2.49. The van der Waals surface area contributed by atoms with Gasteiger partial charge in [-0.3, -0.25) is 0 Å².